The van der Waals surface area contributed by atoms with Crippen LogP contribution in [0.1, 0.15) is 19.0 Å². The fourth-order valence-corrected chi connectivity index (χ4v) is 1.95. The first-order valence-corrected chi connectivity index (χ1v) is 5.48. The molecule has 4 nitrogen and oxygen atoms in total. The van der Waals surface area contributed by atoms with Gasteiger partial charge in [-0.25, -0.2) is 9.97 Å². The zero-order chi connectivity index (χ0) is 10.7. The number of likely N-dealkylation sites (tertiary alicyclic amines) is 1. The van der Waals surface area contributed by atoms with Crippen molar-refractivity contribution in [1.82, 2.24) is 14.9 Å². The van der Waals surface area contributed by atoms with Crippen LogP contribution < -0.4 is 5.73 Å². The van der Waals surface area contributed by atoms with Gasteiger partial charge in [0.15, 0.2) is 0 Å². The molecule has 2 N–H and O–H groups in total. The first-order valence-electron chi connectivity index (χ1n) is 5.48. The third kappa shape index (κ3) is 2.73. The lowest BCUT2D eigenvalue weighted by Gasteiger charge is -2.34. The Morgan fingerprint density at radius 2 is 2.47 bits per heavy atom. The number of nitrogens with two attached hydrogens (primary N) is 1. The van der Waals surface area contributed by atoms with E-state index in [-0.39, 0.29) is 0 Å². The highest BCUT2D eigenvalue weighted by Crippen LogP contribution is 2.16. The second kappa shape index (κ2) is 4.68. The SMILES string of the molecule is CC1CCN(Cc2ccncn2)CC1N. The average molecular weight is 206 g/mol. The Kier molecular flexibility index (Phi) is 3.28. The van der Waals surface area contributed by atoms with Gasteiger partial charge in [-0.2, -0.15) is 0 Å². The first kappa shape index (κ1) is 10.5. The molecule has 2 heterocycles. The Hall–Kier alpha value is -1.00. The summed E-state index contributed by atoms with van der Waals surface area (Å²) >= 11 is 0. The van der Waals surface area contributed by atoms with Gasteiger partial charge in [0.1, 0.15) is 6.33 Å². The largest absolute Gasteiger partial charge is 0.326 e. The Balaban J connectivity index is 1.91. The second-order valence-electron chi connectivity index (χ2n) is 4.37. The summed E-state index contributed by atoms with van der Waals surface area (Å²) in [6, 6.07) is 2.27. The van der Waals surface area contributed by atoms with Crippen LogP contribution in [0.15, 0.2) is 18.6 Å². The van der Waals surface area contributed by atoms with Crippen molar-refractivity contribution < 1.29 is 0 Å². The lowest BCUT2D eigenvalue weighted by Crippen LogP contribution is -2.47. The molecular formula is C11H18N4. The van der Waals surface area contributed by atoms with Crippen LogP contribution in [0.25, 0.3) is 0 Å². The third-order valence-corrected chi connectivity index (χ3v) is 3.13. The van der Waals surface area contributed by atoms with Crippen LogP contribution in [-0.4, -0.2) is 34.0 Å². The molecule has 1 aliphatic rings. The highest BCUT2D eigenvalue weighted by Gasteiger charge is 2.22. The van der Waals surface area contributed by atoms with Crippen LogP contribution in [-0.2, 0) is 6.54 Å². The first-order chi connectivity index (χ1) is 7.25. The summed E-state index contributed by atoms with van der Waals surface area (Å²) in [5, 5.41) is 0. The van der Waals surface area contributed by atoms with Gasteiger partial charge in [-0.3, -0.25) is 4.90 Å². The van der Waals surface area contributed by atoms with E-state index in [1.807, 2.05) is 6.07 Å². The van der Waals surface area contributed by atoms with Crippen LogP contribution in [0.4, 0.5) is 0 Å². The molecule has 0 radical (unpaired) electrons. The van der Waals surface area contributed by atoms with Gasteiger partial charge in [0.25, 0.3) is 0 Å². The lowest BCUT2D eigenvalue weighted by atomic mass is 9.94. The van der Waals surface area contributed by atoms with Crippen LogP contribution in [0.2, 0.25) is 0 Å². The number of hydrogen-bond acceptors (Lipinski definition) is 4. The van der Waals surface area contributed by atoms with Crippen LogP contribution in [0.5, 0.6) is 0 Å². The van der Waals surface area contributed by atoms with Crippen LogP contribution in [0, 0.1) is 5.92 Å². The molecule has 1 aliphatic heterocycles. The van der Waals surface area contributed by atoms with E-state index in [4.69, 9.17) is 5.73 Å². The van der Waals surface area contributed by atoms with E-state index in [1.165, 1.54) is 6.42 Å². The zero-order valence-electron chi connectivity index (χ0n) is 9.13. The molecule has 2 unspecified atom stereocenters. The fraction of sp³-hybridized carbons (Fsp3) is 0.636. The van der Waals surface area contributed by atoms with Crippen LogP contribution >= 0.6 is 0 Å². The maximum Gasteiger partial charge on any atom is 0.115 e. The van der Waals surface area contributed by atoms with Crippen molar-refractivity contribution in [3.8, 4) is 0 Å². The van der Waals surface area contributed by atoms with Gasteiger partial charge in [0.2, 0.25) is 0 Å². The van der Waals surface area contributed by atoms with E-state index in [0.29, 0.717) is 12.0 Å². The van der Waals surface area contributed by atoms with E-state index in [1.54, 1.807) is 12.5 Å². The fourth-order valence-electron chi connectivity index (χ4n) is 1.95. The van der Waals surface area contributed by atoms with Gasteiger partial charge in [0, 0.05) is 25.3 Å². The number of aromatic nitrogens is 2. The molecule has 0 saturated carbocycles. The minimum absolute atomic E-state index is 0.306. The van der Waals surface area contributed by atoms with Crippen molar-refractivity contribution in [2.24, 2.45) is 11.7 Å². The van der Waals surface area contributed by atoms with Gasteiger partial charge in [0.05, 0.1) is 5.69 Å². The second-order valence-corrected chi connectivity index (χ2v) is 4.37. The maximum atomic E-state index is 6.05. The van der Waals surface area contributed by atoms with E-state index in [2.05, 4.69) is 21.8 Å². The Bertz CT molecular complexity index is 301. The van der Waals surface area contributed by atoms with Gasteiger partial charge in [-0.05, 0) is 24.9 Å². The normalized spacial score (nSPS) is 27.9. The molecule has 1 aromatic heterocycles. The molecule has 0 aromatic carbocycles. The average Bonchev–Trinajstić information content (AvgIpc) is 2.25. The Morgan fingerprint density at radius 1 is 1.60 bits per heavy atom. The summed E-state index contributed by atoms with van der Waals surface area (Å²) in [5.41, 5.74) is 7.12. The molecule has 2 rings (SSSR count). The van der Waals surface area contributed by atoms with Crippen molar-refractivity contribution in [2.75, 3.05) is 13.1 Å². The molecular weight excluding hydrogens is 188 g/mol. The summed E-state index contributed by atoms with van der Waals surface area (Å²) in [6.45, 7) is 5.22. The molecule has 1 aromatic rings. The van der Waals surface area contributed by atoms with Crippen molar-refractivity contribution in [2.45, 2.75) is 25.9 Å². The quantitative estimate of drug-likeness (QED) is 0.771. The predicted molar refractivity (Wildman–Crippen MR) is 59.1 cm³/mol. The standard InChI is InChI=1S/C11H18N4/c1-9-3-5-15(7-11(9)12)6-10-2-4-13-8-14-10/h2,4,8-9,11H,3,5-7,12H2,1H3. The van der Waals surface area contributed by atoms with Gasteiger partial charge >= 0.3 is 0 Å². The summed E-state index contributed by atoms with van der Waals surface area (Å²) in [4.78, 5) is 10.5. The van der Waals surface area contributed by atoms with E-state index in [0.717, 1.165) is 25.3 Å². The highest BCUT2D eigenvalue weighted by molar-refractivity contribution is 4.98. The molecule has 1 saturated heterocycles. The molecule has 0 amide bonds. The monoisotopic (exact) mass is 206 g/mol. The van der Waals surface area contributed by atoms with Crippen molar-refractivity contribution >= 4 is 0 Å². The molecule has 15 heavy (non-hydrogen) atoms. The van der Waals surface area contributed by atoms with Crippen molar-refractivity contribution in [1.29, 1.82) is 0 Å². The van der Waals surface area contributed by atoms with E-state index in [9.17, 15) is 0 Å². The smallest absolute Gasteiger partial charge is 0.115 e. The van der Waals surface area contributed by atoms with Crippen molar-refractivity contribution in [3.05, 3.63) is 24.3 Å². The number of rotatable bonds is 2. The van der Waals surface area contributed by atoms with Gasteiger partial charge in [-0.15, -0.1) is 0 Å². The van der Waals surface area contributed by atoms with E-state index >= 15 is 0 Å². The zero-order valence-corrected chi connectivity index (χ0v) is 9.13. The Morgan fingerprint density at radius 3 is 3.13 bits per heavy atom. The topological polar surface area (TPSA) is 55.0 Å². The molecule has 82 valence electrons. The minimum atomic E-state index is 0.306. The molecule has 0 aliphatic carbocycles. The molecule has 0 bridgehead atoms. The Labute approximate surface area is 90.5 Å². The minimum Gasteiger partial charge on any atom is -0.326 e. The van der Waals surface area contributed by atoms with Crippen molar-refractivity contribution in [3.63, 3.8) is 0 Å². The van der Waals surface area contributed by atoms with Crippen LogP contribution in [0.3, 0.4) is 0 Å². The predicted octanol–water partition coefficient (Wildman–Crippen LogP) is 0.646. The number of piperidine rings is 1. The van der Waals surface area contributed by atoms with Gasteiger partial charge < -0.3 is 5.73 Å². The molecule has 0 spiro atoms. The molecule has 4 heteroatoms. The number of nitrogens with zero attached hydrogens (tertiary/aromatic N) is 3. The summed E-state index contributed by atoms with van der Waals surface area (Å²) in [5.74, 6) is 0.645. The summed E-state index contributed by atoms with van der Waals surface area (Å²) in [6.07, 6.45) is 4.57. The molecule has 2 atom stereocenters. The highest BCUT2D eigenvalue weighted by atomic mass is 15.2. The summed E-state index contributed by atoms with van der Waals surface area (Å²) in [7, 11) is 0. The van der Waals surface area contributed by atoms with E-state index < -0.39 is 0 Å². The maximum absolute atomic E-state index is 6.05. The number of hydrogen-bond donors (Lipinski definition) is 1. The molecule has 1 fully saturated rings. The lowest BCUT2D eigenvalue weighted by molar-refractivity contribution is 0.160. The van der Waals surface area contributed by atoms with Gasteiger partial charge in [-0.1, -0.05) is 6.92 Å². The summed E-state index contributed by atoms with van der Waals surface area (Å²) < 4.78 is 0. The third-order valence-electron chi connectivity index (χ3n) is 3.13.